The number of nitrogens with one attached hydrogen (secondary N) is 2. The monoisotopic (exact) mass is 371 g/mol. The number of likely N-dealkylation sites (tertiary alicyclic amines) is 1. The van der Waals surface area contributed by atoms with Crippen LogP contribution in [0, 0.1) is 5.92 Å². The zero-order valence-corrected chi connectivity index (χ0v) is 16.2. The largest absolute Gasteiger partial charge is 0.359 e. The third-order valence-electron chi connectivity index (χ3n) is 5.86. The number of rotatable bonds is 5. The number of piperidine rings is 1. The Balaban J connectivity index is 1.44. The minimum absolute atomic E-state index is 0.0508. The molecule has 0 aromatic carbocycles. The van der Waals surface area contributed by atoms with Gasteiger partial charge in [-0.05, 0) is 51.5 Å². The van der Waals surface area contributed by atoms with Crippen molar-refractivity contribution in [1.29, 1.82) is 0 Å². The van der Waals surface area contributed by atoms with Crippen LogP contribution in [0.3, 0.4) is 0 Å². The average Bonchev–Trinajstić information content (AvgIpc) is 3.48. The van der Waals surface area contributed by atoms with E-state index in [1.54, 1.807) is 11.1 Å². The average molecular weight is 371 g/mol. The van der Waals surface area contributed by atoms with Crippen LogP contribution in [-0.2, 0) is 4.79 Å². The summed E-state index contributed by atoms with van der Waals surface area (Å²) < 4.78 is 0. The molecule has 27 heavy (non-hydrogen) atoms. The Kier molecular flexibility index (Phi) is 5.04. The smallest absolute Gasteiger partial charge is 0.253 e. The number of carbonyl (C=O) groups excluding carboxylic acids is 2. The topological polar surface area (TPSA) is 77.6 Å². The number of carbonyl (C=O) groups is 2. The Labute approximate surface area is 160 Å². The summed E-state index contributed by atoms with van der Waals surface area (Å²) >= 11 is 0. The second-order valence-corrected chi connectivity index (χ2v) is 8.27. The lowest BCUT2D eigenvalue weighted by Gasteiger charge is -2.35. The molecule has 1 aromatic heterocycles. The summed E-state index contributed by atoms with van der Waals surface area (Å²) in [5.74, 6) is 1.23. The van der Waals surface area contributed by atoms with Crippen molar-refractivity contribution < 1.29 is 9.59 Å². The molecule has 2 N–H and O–H groups in total. The molecule has 1 aliphatic carbocycles. The first kappa shape index (κ1) is 18.2. The van der Waals surface area contributed by atoms with Crippen LogP contribution in [0.4, 0.5) is 11.5 Å². The third kappa shape index (κ3) is 4.08. The van der Waals surface area contributed by atoms with Gasteiger partial charge in [0.15, 0.2) is 0 Å². The summed E-state index contributed by atoms with van der Waals surface area (Å²) in [5, 5.41) is 6.21. The van der Waals surface area contributed by atoms with Gasteiger partial charge in [0.25, 0.3) is 5.91 Å². The summed E-state index contributed by atoms with van der Waals surface area (Å²) in [6, 6.07) is 2.56. The van der Waals surface area contributed by atoms with E-state index in [0.29, 0.717) is 23.3 Å². The van der Waals surface area contributed by atoms with Crippen molar-refractivity contribution in [2.75, 3.05) is 36.4 Å². The number of anilines is 2. The molecule has 0 atom stereocenters. The minimum atomic E-state index is -0.0994. The van der Waals surface area contributed by atoms with Gasteiger partial charge in [0.2, 0.25) is 5.91 Å². The summed E-state index contributed by atoms with van der Waals surface area (Å²) in [4.78, 5) is 33.7. The van der Waals surface area contributed by atoms with Gasteiger partial charge in [-0.15, -0.1) is 0 Å². The van der Waals surface area contributed by atoms with Crippen molar-refractivity contribution >= 4 is 23.3 Å². The van der Waals surface area contributed by atoms with Crippen molar-refractivity contribution in [2.24, 2.45) is 5.92 Å². The van der Waals surface area contributed by atoms with Crippen LogP contribution >= 0.6 is 0 Å². The van der Waals surface area contributed by atoms with Crippen molar-refractivity contribution in [1.82, 2.24) is 15.2 Å². The zero-order chi connectivity index (χ0) is 19.0. The number of aromatic nitrogens is 1. The Morgan fingerprint density at radius 2 is 2.04 bits per heavy atom. The molecule has 2 amide bonds. The van der Waals surface area contributed by atoms with E-state index in [1.165, 1.54) is 12.8 Å². The second-order valence-electron chi connectivity index (χ2n) is 8.27. The fraction of sp³-hybridized carbons (Fsp3) is 0.650. The Morgan fingerprint density at radius 1 is 1.30 bits per heavy atom. The third-order valence-corrected chi connectivity index (χ3v) is 5.86. The predicted octanol–water partition coefficient (Wildman–Crippen LogP) is 1.85. The first-order valence-electron chi connectivity index (χ1n) is 10.1. The van der Waals surface area contributed by atoms with E-state index >= 15 is 0 Å². The molecule has 2 fully saturated rings. The molecule has 7 nitrogen and oxygen atoms in total. The van der Waals surface area contributed by atoms with Gasteiger partial charge < -0.3 is 20.4 Å². The molecule has 1 aromatic rings. The predicted molar refractivity (Wildman–Crippen MR) is 105 cm³/mol. The molecule has 7 heteroatoms. The lowest BCUT2D eigenvalue weighted by Crippen LogP contribution is -2.46. The quantitative estimate of drug-likeness (QED) is 0.826. The van der Waals surface area contributed by atoms with Crippen molar-refractivity contribution in [3.05, 3.63) is 17.8 Å². The lowest BCUT2D eigenvalue weighted by atomic mass is 10.0. The molecule has 3 aliphatic rings. The molecular formula is C20H29N5O2. The van der Waals surface area contributed by atoms with Gasteiger partial charge in [0, 0.05) is 37.9 Å². The van der Waals surface area contributed by atoms with E-state index in [-0.39, 0.29) is 24.4 Å². The molecule has 0 radical (unpaired) electrons. The molecular weight excluding hydrogens is 342 g/mol. The van der Waals surface area contributed by atoms with Crippen molar-refractivity contribution in [3.63, 3.8) is 0 Å². The second kappa shape index (κ2) is 7.46. The SMILES string of the molecule is CC(C)N1CCC(NC(=O)c2cnc3c(c2)N(CC2CC2)C(=O)CN3)CC1. The molecule has 1 saturated heterocycles. The molecule has 0 bridgehead atoms. The van der Waals surface area contributed by atoms with E-state index in [2.05, 4.69) is 34.4 Å². The highest BCUT2D eigenvalue weighted by molar-refractivity contribution is 6.04. The van der Waals surface area contributed by atoms with Crippen LogP contribution in [0.2, 0.25) is 0 Å². The summed E-state index contributed by atoms with van der Waals surface area (Å²) in [5.41, 5.74) is 1.26. The molecule has 4 rings (SSSR count). The van der Waals surface area contributed by atoms with Gasteiger partial charge in [-0.3, -0.25) is 9.59 Å². The normalized spacial score (nSPS) is 21.1. The van der Waals surface area contributed by atoms with Crippen LogP contribution in [0.5, 0.6) is 0 Å². The number of pyridine rings is 1. The standard InChI is InChI=1S/C20H29N5O2/c1-13(2)24-7-5-16(6-8-24)23-20(27)15-9-17-19(21-10-15)22-11-18(26)25(17)12-14-3-4-14/h9-10,13-14,16H,3-8,11-12H2,1-2H3,(H,21,22)(H,23,27). The number of nitrogens with zero attached hydrogens (tertiary/aromatic N) is 3. The number of hydrogen-bond donors (Lipinski definition) is 2. The molecule has 2 aliphatic heterocycles. The van der Waals surface area contributed by atoms with E-state index in [0.717, 1.165) is 38.2 Å². The molecule has 3 heterocycles. The number of fused-ring (bicyclic) bond motifs is 1. The van der Waals surface area contributed by atoms with Crippen LogP contribution in [0.15, 0.2) is 12.3 Å². The van der Waals surface area contributed by atoms with Crippen LogP contribution < -0.4 is 15.5 Å². The fourth-order valence-electron chi connectivity index (χ4n) is 3.90. The summed E-state index contributed by atoms with van der Waals surface area (Å²) in [6.07, 6.45) is 5.90. The van der Waals surface area contributed by atoms with E-state index in [9.17, 15) is 9.59 Å². The minimum Gasteiger partial charge on any atom is -0.359 e. The molecule has 1 saturated carbocycles. The Bertz CT molecular complexity index is 723. The maximum absolute atomic E-state index is 12.7. The van der Waals surface area contributed by atoms with Crippen molar-refractivity contribution in [3.8, 4) is 0 Å². The molecule has 0 unspecified atom stereocenters. The summed E-state index contributed by atoms with van der Waals surface area (Å²) in [6.45, 7) is 7.44. The highest BCUT2D eigenvalue weighted by atomic mass is 16.2. The van der Waals surface area contributed by atoms with Gasteiger partial charge in [0.1, 0.15) is 5.82 Å². The molecule has 0 spiro atoms. The zero-order valence-electron chi connectivity index (χ0n) is 16.2. The van der Waals surface area contributed by atoms with E-state index in [1.807, 2.05) is 6.07 Å². The van der Waals surface area contributed by atoms with Gasteiger partial charge >= 0.3 is 0 Å². The highest BCUT2D eigenvalue weighted by Gasteiger charge is 2.32. The van der Waals surface area contributed by atoms with Crippen molar-refractivity contribution in [2.45, 2.75) is 51.6 Å². The first-order valence-corrected chi connectivity index (χ1v) is 10.1. The maximum Gasteiger partial charge on any atom is 0.253 e. The van der Waals surface area contributed by atoms with Gasteiger partial charge in [-0.1, -0.05) is 0 Å². The fourth-order valence-corrected chi connectivity index (χ4v) is 3.90. The Hall–Kier alpha value is -2.15. The maximum atomic E-state index is 12.7. The van der Waals surface area contributed by atoms with E-state index < -0.39 is 0 Å². The number of amides is 2. The molecule has 146 valence electrons. The van der Waals surface area contributed by atoms with Crippen LogP contribution in [-0.4, -0.2) is 60.0 Å². The van der Waals surface area contributed by atoms with Crippen LogP contribution in [0.1, 0.15) is 49.9 Å². The lowest BCUT2D eigenvalue weighted by molar-refractivity contribution is -0.117. The first-order chi connectivity index (χ1) is 13.0. The summed E-state index contributed by atoms with van der Waals surface area (Å²) in [7, 11) is 0. The number of hydrogen-bond acceptors (Lipinski definition) is 5. The highest BCUT2D eigenvalue weighted by Crippen LogP contribution is 2.35. The van der Waals surface area contributed by atoms with Crippen LogP contribution in [0.25, 0.3) is 0 Å². The van der Waals surface area contributed by atoms with Gasteiger partial charge in [-0.25, -0.2) is 4.98 Å². The Morgan fingerprint density at radius 3 is 2.70 bits per heavy atom. The van der Waals surface area contributed by atoms with Gasteiger partial charge in [-0.2, -0.15) is 0 Å². The van der Waals surface area contributed by atoms with Gasteiger partial charge in [0.05, 0.1) is 17.8 Å². The van der Waals surface area contributed by atoms with E-state index in [4.69, 9.17) is 0 Å².